The van der Waals surface area contributed by atoms with Gasteiger partial charge in [0, 0.05) is 43.1 Å². The van der Waals surface area contributed by atoms with Crippen LogP contribution in [0.1, 0.15) is 36.6 Å². The molecule has 2 atom stereocenters. The number of aliphatic carboxylic acids is 1. The molecule has 0 spiro atoms. The molecule has 31 heavy (non-hydrogen) atoms. The Hall–Kier alpha value is -2.65. The van der Waals surface area contributed by atoms with Crippen LogP contribution in [0.15, 0.2) is 42.1 Å². The van der Waals surface area contributed by atoms with Crippen molar-refractivity contribution < 1.29 is 23.8 Å². The Morgan fingerprint density at radius 3 is 2.87 bits per heavy atom. The first-order chi connectivity index (χ1) is 14.9. The molecule has 2 heterocycles. The number of thiol groups is 1. The van der Waals surface area contributed by atoms with Gasteiger partial charge in [-0.1, -0.05) is 18.2 Å². The smallest absolute Gasteiger partial charge is 0.327 e. The number of nitrogens with zero attached hydrogens (tertiary/aromatic N) is 3. The summed E-state index contributed by atoms with van der Waals surface area (Å²) in [5.41, 5.74) is 2.09. The Labute approximate surface area is 185 Å². The van der Waals surface area contributed by atoms with Gasteiger partial charge in [0.05, 0.1) is 12.8 Å². The Kier molecular flexibility index (Phi) is 7.86. The van der Waals surface area contributed by atoms with Crippen molar-refractivity contribution >= 4 is 30.6 Å². The Morgan fingerprint density at radius 1 is 1.39 bits per heavy atom. The van der Waals surface area contributed by atoms with Crippen LogP contribution in [0.3, 0.4) is 0 Å². The van der Waals surface area contributed by atoms with Gasteiger partial charge < -0.3 is 9.84 Å². The summed E-state index contributed by atoms with van der Waals surface area (Å²) in [5, 5.41) is 13.1. The fourth-order valence-corrected chi connectivity index (χ4v) is 4.03. The third-order valence-electron chi connectivity index (χ3n) is 5.34. The molecule has 0 amide bonds. The molecule has 0 radical (unpaired) electrons. The van der Waals surface area contributed by atoms with Crippen LogP contribution in [0.25, 0.3) is 6.08 Å². The van der Waals surface area contributed by atoms with Crippen LogP contribution in [0.4, 0.5) is 4.39 Å². The van der Waals surface area contributed by atoms with Crippen molar-refractivity contribution in [1.29, 1.82) is 0 Å². The number of hydrogen-bond acceptors (Lipinski definition) is 6. The summed E-state index contributed by atoms with van der Waals surface area (Å²) in [6, 6.07) is 7.22. The first kappa shape index (κ1) is 23.0. The minimum Gasteiger partial charge on any atom is -0.481 e. The van der Waals surface area contributed by atoms with Gasteiger partial charge in [-0.15, -0.1) is 0 Å². The number of aryl methyl sites for hydroxylation is 1. The number of carbonyl (C=O) groups is 2. The second-order valence-corrected chi connectivity index (χ2v) is 8.04. The summed E-state index contributed by atoms with van der Waals surface area (Å²) < 4.78 is 21.2. The largest absolute Gasteiger partial charge is 0.481 e. The molecule has 1 saturated heterocycles. The highest BCUT2D eigenvalue weighted by Crippen LogP contribution is 2.32. The maximum atomic E-state index is 14.5. The molecule has 9 heteroatoms. The highest BCUT2D eigenvalue weighted by atomic mass is 32.1. The van der Waals surface area contributed by atoms with Crippen LogP contribution in [-0.4, -0.2) is 57.2 Å². The molecule has 1 N–H and O–H groups in total. The number of benzene rings is 1. The predicted molar refractivity (Wildman–Crippen MR) is 117 cm³/mol. The van der Waals surface area contributed by atoms with E-state index in [0.717, 1.165) is 11.3 Å². The van der Waals surface area contributed by atoms with Crippen molar-refractivity contribution in [2.24, 2.45) is 0 Å². The summed E-state index contributed by atoms with van der Waals surface area (Å²) in [6.45, 7) is 1.47. The molecule has 2 unspecified atom stereocenters. The lowest BCUT2D eigenvalue weighted by Crippen LogP contribution is -2.42. The van der Waals surface area contributed by atoms with Crippen LogP contribution in [0, 0.1) is 5.82 Å². The molecule has 166 valence electrons. The zero-order chi connectivity index (χ0) is 22.4. The molecule has 1 aliphatic rings. The number of carbonyl (C=O) groups excluding carboxylic acids is 1. The topological polar surface area (TPSA) is 84.7 Å². The summed E-state index contributed by atoms with van der Waals surface area (Å²) >= 11 is 4.70. The molecule has 1 aromatic heterocycles. The number of piperidine rings is 1. The summed E-state index contributed by atoms with van der Waals surface area (Å²) in [4.78, 5) is 25.2. The molecule has 7 nitrogen and oxygen atoms in total. The third kappa shape index (κ3) is 5.74. The van der Waals surface area contributed by atoms with Gasteiger partial charge in [0.1, 0.15) is 11.9 Å². The van der Waals surface area contributed by atoms with E-state index in [1.807, 2.05) is 17.0 Å². The predicted octanol–water partition coefficient (Wildman–Crippen LogP) is 3.19. The highest BCUT2D eigenvalue weighted by Gasteiger charge is 2.34. The number of ether oxygens (including phenoxy) is 1. The van der Waals surface area contributed by atoms with Gasteiger partial charge in [0.2, 0.25) is 0 Å². The van der Waals surface area contributed by atoms with Crippen molar-refractivity contribution in [2.45, 2.75) is 37.1 Å². The normalized spacial score (nSPS) is 19.3. The molecule has 0 bridgehead atoms. The van der Waals surface area contributed by atoms with E-state index in [0.29, 0.717) is 32.5 Å². The van der Waals surface area contributed by atoms with E-state index in [1.165, 1.54) is 13.2 Å². The van der Waals surface area contributed by atoms with Crippen LogP contribution >= 0.6 is 12.6 Å². The first-order valence-corrected chi connectivity index (χ1v) is 10.6. The number of likely N-dealkylation sites (tertiary alicyclic amines) is 1. The van der Waals surface area contributed by atoms with Crippen molar-refractivity contribution in [1.82, 2.24) is 14.7 Å². The van der Waals surface area contributed by atoms with E-state index in [1.54, 1.807) is 29.1 Å². The molecule has 2 aromatic rings. The van der Waals surface area contributed by atoms with Gasteiger partial charge in [-0.3, -0.25) is 14.4 Å². The monoisotopic (exact) mass is 447 g/mol. The summed E-state index contributed by atoms with van der Waals surface area (Å²) in [5.74, 6) is -1.80. The lowest BCUT2D eigenvalue weighted by atomic mass is 9.97. The molecule has 1 aliphatic heterocycles. The van der Waals surface area contributed by atoms with E-state index >= 15 is 0 Å². The SMILES string of the molecule is COC(=O)C(c1ccccc1F)N1CCC(S)C(=Cc2ccnn2CCCC(=O)O)C1. The van der Waals surface area contributed by atoms with E-state index in [4.69, 9.17) is 22.5 Å². The molecular weight excluding hydrogens is 421 g/mol. The average Bonchev–Trinajstić information content (AvgIpc) is 3.18. The third-order valence-corrected chi connectivity index (χ3v) is 5.93. The number of carboxylic acids is 1. The molecule has 1 fully saturated rings. The molecular formula is C22H26FN3O4S. The van der Waals surface area contributed by atoms with E-state index in [-0.39, 0.29) is 17.2 Å². The van der Waals surface area contributed by atoms with Crippen LogP contribution in [-0.2, 0) is 20.9 Å². The molecule has 0 aliphatic carbocycles. The van der Waals surface area contributed by atoms with Gasteiger partial charge in [-0.2, -0.15) is 17.7 Å². The lowest BCUT2D eigenvalue weighted by molar-refractivity contribution is -0.147. The molecule has 0 saturated carbocycles. The number of rotatable bonds is 8. The molecule has 3 rings (SSSR count). The summed E-state index contributed by atoms with van der Waals surface area (Å²) in [7, 11) is 1.30. The fraction of sp³-hybridized carbons (Fsp3) is 0.409. The fourth-order valence-electron chi connectivity index (χ4n) is 3.76. The van der Waals surface area contributed by atoms with Crippen LogP contribution in [0.5, 0.6) is 0 Å². The average molecular weight is 448 g/mol. The minimum atomic E-state index is -0.851. The minimum absolute atomic E-state index is 0.0162. The van der Waals surface area contributed by atoms with E-state index < -0.39 is 23.8 Å². The number of methoxy groups -OCH3 is 1. The number of carboxylic acid groups (broad SMARTS) is 1. The number of aromatic nitrogens is 2. The zero-order valence-electron chi connectivity index (χ0n) is 17.3. The van der Waals surface area contributed by atoms with E-state index in [2.05, 4.69) is 5.10 Å². The van der Waals surface area contributed by atoms with Crippen LogP contribution < -0.4 is 0 Å². The quantitative estimate of drug-likeness (QED) is 0.478. The van der Waals surface area contributed by atoms with Gasteiger partial charge in [-0.05, 0) is 36.6 Å². The number of hydrogen-bond donors (Lipinski definition) is 2. The van der Waals surface area contributed by atoms with Gasteiger partial charge in [-0.25, -0.2) is 9.18 Å². The Balaban J connectivity index is 1.84. The zero-order valence-corrected chi connectivity index (χ0v) is 18.2. The van der Waals surface area contributed by atoms with Crippen molar-refractivity contribution in [3.8, 4) is 0 Å². The number of esters is 1. The first-order valence-electron chi connectivity index (χ1n) is 10.1. The Bertz CT molecular complexity index is 962. The second-order valence-electron chi connectivity index (χ2n) is 7.42. The van der Waals surface area contributed by atoms with Crippen LogP contribution in [0.2, 0.25) is 0 Å². The van der Waals surface area contributed by atoms with Crippen molar-refractivity contribution in [2.75, 3.05) is 20.2 Å². The maximum absolute atomic E-state index is 14.5. The standard InChI is InChI=1S/C22H26FN3O4S/c1-30-22(29)21(17-5-2-3-6-18(17)23)25-12-9-19(31)15(14-25)13-16-8-10-24-26(16)11-4-7-20(27)28/h2-3,5-6,8,10,13,19,21,31H,4,7,9,11-12,14H2,1H3,(H,27,28). The van der Waals surface area contributed by atoms with Gasteiger partial charge >= 0.3 is 11.9 Å². The van der Waals surface area contributed by atoms with Crippen molar-refractivity contribution in [3.05, 3.63) is 59.2 Å². The Morgan fingerprint density at radius 2 is 2.16 bits per heavy atom. The second kappa shape index (κ2) is 10.6. The van der Waals surface area contributed by atoms with Gasteiger partial charge in [0.25, 0.3) is 0 Å². The maximum Gasteiger partial charge on any atom is 0.327 e. The van der Waals surface area contributed by atoms with Crippen molar-refractivity contribution in [3.63, 3.8) is 0 Å². The van der Waals surface area contributed by atoms with E-state index in [9.17, 15) is 14.0 Å². The number of halogens is 1. The summed E-state index contributed by atoms with van der Waals surface area (Å²) in [6.07, 6.45) is 4.86. The highest BCUT2D eigenvalue weighted by molar-refractivity contribution is 7.81. The molecule has 1 aromatic carbocycles. The lowest BCUT2D eigenvalue weighted by Gasteiger charge is -2.36. The van der Waals surface area contributed by atoms with Gasteiger partial charge in [0.15, 0.2) is 0 Å².